The summed E-state index contributed by atoms with van der Waals surface area (Å²) in [6.45, 7) is 0. The smallest absolute Gasteiger partial charge is 0.150 e. The van der Waals surface area contributed by atoms with Crippen LogP contribution in [-0.4, -0.2) is 0 Å². The number of anilines is 1. The predicted molar refractivity (Wildman–Crippen MR) is 77.8 cm³/mol. The van der Waals surface area contributed by atoms with Gasteiger partial charge in [-0.05, 0) is 36.4 Å². The van der Waals surface area contributed by atoms with Gasteiger partial charge in [0.05, 0.1) is 10.7 Å². The van der Waals surface area contributed by atoms with Crippen LogP contribution in [0.3, 0.4) is 0 Å². The third-order valence-electron chi connectivity index (χ3n) is 2.09. The molecule has 0 saturated heterocycles. The molecule has 2 N–H and O–H groups in total. The van der Waals surface area contributed by atoms with Gasteiger partial charge in [0.1, 0.15) is 11.5 Å². The molecule has 0 saturated carbocycles. The van der Waals surface area contributed by atoms with E-state index in [2.05, 4.69) is 31.9 Å². The average Bonchev–Trinajstić information content (AvgIpc) is 2.25. The van der Waals surface area contributed by atoms with E-state index in [4.69, 9.17) is 22.1 Å². The summed E-state index contributed by atoms with van der Waals surface area (Å²) in [5.41, 5.74) is 6.40. The number of nitrogen functional groups attached to an aromatic ring is 1. The van der Waals surface area contributed by atoms with Crippen LogP contribution >= 0.6 is 43.5 Å². The van der Waals surface area contributed by atoms with Crippen LogP contribution in [0.4, 0.5) is 5.69 Å². The van der Waals surface area contributed by atoms with E-state index >= 15 is 0 Å². The number of ether oxygens (including phenoxy) is 1. The Kier molecular flexibility index (Phi) is 3.97. The summed E-state index contributed by atoms with van der Waals surface area (Å²) in [5, 5.41) is 0.529. The quantitative estimate of drug-likeness (QED) is 0.727. The van der Waals surface area contributed by atoms with Crippen LogP contribution in [-0.2, 0) is 0 Å². The summed E-state index contributed by atoms with van der Waals surface area (Å²) in [6, 6.07) is 10.8. The standard InChI is InChI=1S/C12H8Br2ClNO/c13-7-1-3-11(9(15)5-7)17-12-4-2-8(14)6-10(12)16/h1-6H,16H2. The van der Waals surface area contributed by atoms with Gasteiger partial charge in [-0.3, -0.25) is 0 Å². The topological polar surface area (TPSA) is 35.2 Å². The van der Waals surface area contributed by atoms with E-state index in [0.29, 0.717) is 22.2 Å². The van der Waals surface area contributed by atoms with Gasteiger partial charge < -0.3 is 10.5 Å². The molecular weight excluding hydrogens is 369 g/mol. The summed E-state index contributed by atoms with van der Waals surface area (Å²) >= 11 is 12.7. The van der Waals surface area contributed by atoms with E-state index in [1.165, 1.54) is 0 Å². The molecule has 2 aromatic rings. The van der Waals surface area contributed by atoms with E-state index in [1.807, 2.05) is 12.1 Å². The largest absolute Gasteiger partial charge is 0.454 e. The van der Waals surface area contributed by atoms with Gasteiger partial charge in [0.2, 0.25) is 0 Å². The highest BCUT2D eigenvalue weighted by atomic mass is 79.9. The molecule has 17 heavy (non-hydrogen) atoms. The molecule has 0 aliphatic rings. The number of benzene rings is 2. The Hall–Kier alpha value is -0.710. The lowest BCUT2D eigenvalue weighted by atomic mass is 10.3. The molecule has 2 rings (SSSR count). The lowest BCUT2D eigenvalue weighted by Gasteiger charge is -2.10. The van der Waals surface area contributed by atoms with Crippen LogP contribution in [0, 0.1) is 0 Å². The third-order valence-corrected chi connectivity index (χ3v) is 3.37. The molecule has 0 fully saturated rings. The third kappa shape index (κ3) is 3.15. The van der Waals surface area contributed by atoms with Crippen molar-refractivity contribution in [1.29, 1.82) is 0 Å². The van der Waals surface area contributed by atoms with Gasteiger partial charge in [-0.2, -0.15) is 0 Å². The second kappa shape index (κ2) is 5.29. The van der Waals surface area contributed by atoms with Crippen molar-refractivity contribution in [3.05, 3.63) is 50.4 Å². The van der Waals surface area contributed by atoms with E-state index in [9.17, 15) is 0 Å². The fourth-order valence-electron chi connectivity index (χ4n) is 1.29. The van der Waals surface area contributed by atoms with Crippen LogP contribution in [0.1, 0.15) is 0 Å². The second-order valence-electron chi connectivity index (χ2n) is 3.36. The molecule has 0 bridgehead atoms. The molecule has 0 heterocycles. The van der Waals surface area contributed by atoms with Crippen molar-refractivity contribution >= 4 is 49.1 Å². The van der Waals surface area contributed by atoms with Crippen molar-refractivity contribution in [2.24, 2.45) is 0 Å². The molecular formula is C12H8Br2ClNO. The van der Waals surface area contributed by atoms with Gasteiger partial charge in [0.25, 0.3) is 0 Å². The average molecular weight is 377 g/mol. The monoisotopic (exact) mass is 375 g/mol. The minimum absolute atomic E-state index is 0.529. The van der Waals surface area contributed by atoms with Crippen LogP contribution in [0.15, 0.2) is 45.3 Å². The number of rotatable bonds is 2. The Morgan fingerprint density at radius 3 is 2.12 bits per heavy atom. The minimum Gasteiger partial charge on any atom is -0.454 e. The summed E-state index contributed by atoms with van der Waals surface area (Å²) < 4.78 is 7.46. The van der Waals surface area contributed by atoms with E-state index in [-0.39, 0.29) is 0 Å². The zero-order chi connectivity index (χ0) is 12.4. The van der Waals surface area contributed by atoms with Gasteiger partial charge in [-0.25, -0.2) is 0 Å². The number of hydrogen-bond acceptors (Lipinski definition) is 2. The van der Waals surface area contributed by atoms with Crippen molar-refractivity contribution in [2.45, 2.75) is 0 Å². The Labute approximate surface area is 121 Å². The van der Waals surface area contributed by atoms with Gasteiger partial charge in [0.15, 0.2) is 0 Å². The van der Waals surface area contributed by atoms with Crippen LogP contribution in [0.25, 0.3) is 0 Å². The first-order chi connectivity index (χ1) is 8.06. The van der Waals surface area contributed by atoms with E-state index in [0.717, 1.165) is 8.95 Å². The Morgan fingerprint density at radius 2 is 1.53 bits per heavy atom. The number of nitrogens with two attached hydrogens (primary N) is 1. The fraction of sp³-hybridized carbons (Fsp3) is 0. The number of halogens is 3. The maximum atomic E-state index is 6.06. The first kappa shape index (κ1) is 12.7. The zero-order valence-corrected chi connectivity index (χ0v) is 12.5. The summed E-state index contributed by atoms with van der Waals surface area (Å²) in [7, 11) is 0. The van der Waals surface area contributed by atoms with Gasteiger partial charge >= 0.3 is 0 Å². The Morgan fingerprint density at radius 1 is 0.941 bits per heavy atom. The lowest BCUT2D eigenvalue weighted by molar-refractivity contribution is 0.485. The lowest BCUT2D eigenvalue weighted by Crippen LogP contribution is -1.92. The maximum absolute atomic E-state index is 6.06. The van der Waals surface area contributed by atoms with Crippen molar-refractivity contribution < 1.29 is 4.74 Å². The highest BCUT2D eigenvalue weighted by Crippen LogP contribution is 2.34. The highest BCUT2D eigenvalue weighted by Gasteiger charge is 2.06. The molecule has 0 amide bonds. The molecule has 2 nitrogen and oxygen atoms in total. The molecule has 5 heteroatoms. The van der Waals surface area contributed by atoms with Crippen LogP contribution < -0.4 is 10.5 Å². The molecule has 0 aliphatic heterocycles. The molecule has 0 aliphatic carbocycles. The highest BCUT2D eigenvalue weighted by molar-refractivity contribution is 9.10. The van der Waals surface area contributed by atoms with Crippen LogP contribution in [0.2, 0.25) is 5.02 Å². The fourth-order valence-corrected chi connectivity index (χ4v) is 2.38. The molecule has 0 radical (unpaired) electrons. The van der Waals surface area contributed by atoms with Crippen LogP contribution in [0.5, 0.6) is 11.5 Å². The normalized spacial score (nSPS) is 10.3. The van der Waals surface area contributed by atoms with E-state index < -0.39 is 0 Å². The van der Waals surface area contributed by atoms with Crippen molar-refractivity contribution in [3.8, 4) is 11.5 Å². The second-order valence-corrected chi connectivity index (χ2v) is 5.60. The maximum Gasteiger partial charge on any atom is 0.150 e. The van der Waals surface area contributed by atoms with Crippen molar-refractivity contribution in [1.82, 2.24) is 0 Å². The van der Waals surface area contributed by atoms with Gasteiger partial charge in [-0.15, -0.1) is 0 Å². The zero-order valence-electron chi connectivity index (χ0n) is 8.58. The van der Waals surface area contributed by atoms with Gasteiger partial charge in [0, 0.05) is 8.95 Å². The van der Waals surface area contributed by atoms with Crippen molar-refractivity contribution in [3.63, 3.8) is 0 Å². The molecule has 0 spiro atoms. The number of hydrogen-bond donors (Lipinski definition) is 1. The molecule has 0 unspecified atom stereocenters. The summed E-state index contributed by atoms with van der Waals surface area (Å²) in [6.07, 6.45) is 0. The molecule has 2 aromatic carbocycles. The molecule has 0 aromatic heterocycles. The first-order valence-electron chi connectivity index (χ1n) is 4.74. The summed E-state index contributed by atoms with van der Waals surface area (Å²) in [5.74, 6) is 1.15. The van der Waals surface area contributed by atoms with E-state index in [1.54, 1.807) is 24.3 Å². The Balaban J connectivity index is 2.31. The first-order valence-corrected chi connectivity index (χ1v) is 6.70. The van der Waals surface area contributed by atoms with Gasteiger partial charge in [-0.1, -0.05) is 43.5 Å². The molecule has 0 atom stereocenters. The SMILES string of the molecule is Nc1cc(Br)ccc1Oc1ccc(Br)cc1Cl. The Bertz CT molecular complexity index is 511. The predicted octanol–water partition coefficient (Wildman–Crippen LogP) is 5.24. The minimum atomic E-state index is 0.529. The molecule has 88 valence electrons. The summed E-state index contributed by atoms with van der Waals surface area (Å²) in [4.78, 5) is 0. The van der Waals surface area contributed by atoms with Crippen molar-refractivity contribution in [2.75, 3.05) is 5.73 Å².